The van der Waals surface area contributed by atoms with E-state index in [4.69, 9.17) is 16.6 Å². The molecule has 2 atom stereocenters. The van der Waals surface area contributed by atoms with Crippen molar-refractivity contribution in [2.45, 2.75) is 17.4 Å². The van der Waals surface area contributed by atoms with Crippen molar-refractivity contribution in [3.05, 3.63) is 95.0 Å². The van der Waals surface area contributed by atoms with Gasteiger partial charge in [-0.1, -0.05) is 72.3 Å². The van der Waals surface area contributed by atoms with E-state index in [-0.39, 0.29) is 17.9 Å². The van der Waals surface area contributed by atoms with E-state index in [0.717, 1.165) is 26.9 Å². The predicted octanol–water partition coefficient (Wildman–Crippen LogP) is 5.75. The third-order valence-electron chi connectivity index (χ3n) is 5.19. The summed E-state index contributed by atoms with van der Waals surface area (Å²) in [5, 5.41) is 1.39. The first kappa shape index (κ1) is 17.5. The molecule has 0 fully saturated rings. The zero-order valence-electron chi connectivity index (χ0n) is 15.0. The molecule has 0 aromatic heterocycles. The Morgan fingerprint density at radius 2 is 1.64 bits per heavy atom. The summed E-state index contributed by atoms with van der Waals surface area (Å²) in [5.74, 6) is -0.228. The molecular formula is C23H17ClN2OS. The topological polar surface area (TPSA) is 32.7 Å². The molecule has 0 saturated carbocycles. The number of hydrogen-bond acceptors (Lipinski definition) is 3. The molecule has 2 aliphatic heterocycles. The van der Waals surface area contributed by atoms with Crippen LogP contribution in [-0.2, 0) is 11.2 Å². The fraction of sp³-hybridized carbons (Fsp3) is 0.130. The van der Waals surface area contributed by atoms with E-state index in [0.29, 0.717) is 11.4 Å². The molecule has 5 heteroatoms. The van der Waals surface area contributed by atoms with Gasteiger partial charge in [0.1, 0.15) is 0 Å². The van der Waals surface area contributed by atoms with Crippen molar-refractivity contribution in [1.82, 2.24) is 0 Å². The van der Waals surface area contributed by atoms with Gasteiger partial charge in [-0.3, -0.25) is 14.7 Å². The third-order valence-corrected chi connectivity index (χ3v) is 6.57. The van der Waals surface area contributed by atoms with Crippen molar-refractivity contribution in [3.63, 3.8) is 0 Å². The normalized spacial score (nSPS) is 20.5. The van der Waals surface area contributed by atoms with Crippen LogP contribution >= 0.6 is 23.4 Å². The summed E-state index contributed by atoms with van der Waals surface area (Å²) in [6.07, 6.45) is 0.621. The zero-order valence-corrected chi connectivity index (χ0v) is 16.5. The SMILES string of the molecule is O=C1[C@@H](Cc2ccccc2)[C@@H](c2ccccc2Cl)N=C2Sc3ccccc3N12. The third kappa shape index (κ3) is 2.93. The minimum Gasteiger partial charge on any atom is -0.274 e. The number of carbonyl (C=O) groups is 1. The molecular weight excluding hydrogens is 388 g/mol. The Kier molecular flexibility index (Phi) is 4.46. The number of hydrogen-bond donors (Lipinski definition) is 0. The maximum atomic E-state index is 13.7. The number of para-hydroxylation sites is 1. The van der Waals surface area contributed by atoms with Crippen molar-refractivity contribution in [2.75, 3.05) is 4.90 Å². The molecule has 5 rings (SSSR count). The van der Waals surface area contributed by atoms with Crippen LogP contribution in [0.1, 0.15) is 17.2 Å². The number of benzene rings is 3. The van der Waals surface area contributed by atoms with Gasteiger partial charge in [-0.2, -0.15) is 0 Å². The monoisotopic (exact) mass is 404 g/mol. The van der Waals surface area contributed by atoms with Gasteiger partial charge in [0, 0.05) is 9.92 Å². The van der Waals surface area contributed by atoms with Gasteiger partial charge in [-0.15, -0.1) is 0 Å². The second kappa shape index (κ2) is 7.12. The van der Waals surface area contributed by atoms with Crippen LogP contribution in [0.5, 0.6) is 0 Å². The highest BCUT2D eigenvalue weighted by Gasteiger charge is 2.44. The van der Waals surface area contributed by atoms with Crippen molar-refractivity contribution >= 4 is 40.1 Å². The summed E-state index contributed by atoms with van der Waals surface area (Å²) in [7, 11) is 0. The number of rotatable bonds is 3. The Morgan fingerprint density at radius 1 is 0.929 bits per heavy atom. The van der Waals surface area contributed by atoms with Gasteiger partial charge in [0.15, 0.2) is 5.17 Å². The predicted molar refractivity (Wildman–Crippen MR) is 115 cm³/mol. The summed E-state index contributed by atoms with van der Waals surface area (Å²) in [5.41, 5.74) is 2.95. The highest BCUT2D eigenvalue weighted by Crippen LogP contribution is 2.47. The zero-order chi connectivity index (χ0) is 19.1. The molecule has 0 aliphatic carbocycles. The lowest BCUT2D eigenvalue weighted by molar-refractivity contribution is -0.122. The van der Waals surface area contributed by atoms with Crippen LogP contribution in [0.3, 0.4) is 0 Å². The first-order valence-electron chi connectivity index (χ1n) is 9.19. The molecule has 0 N–H and O–H groups in total. The maximum Gasteiger partial charge on any atom is 0.239 e. The fourth-order valence-electron chi connectivity index (χ4n) is 3.85. The lowest BCUT2D eigenvalue weighted by atomic mass is 9.86. The van der Waals surface area contributed by atoms with Crippen LogP contribution < -0.4 is 4.90 Å². The summed E-state index contributed by atoms with van der Waals surface area (Å²) < 4.78 is 0. The highest BCUT2D eigenvalue weighted by atomic mass is 35.5. The number of aliphatic imine (C=N–C) groups is 1. The molecule has 3 nitrogen and oxygen atoms in total. The summed E-state index contributed by atoms with van der Waals surface area (Å²) in [6, 6.07) is 25.5. The number of carbonyl (C=O) groups excluding carboxylic acids is 1. The van der Waals surface area contributed by atoms with Crippen LogP contribution in [-0.4, -0.2) is 11.1 Å². The molecule has 3 aromatic carbocycles. The van der Waals surface area contributed by atoms with Gasteiger partial charge in [-0.05, 0) is 47.5 Å². The van der Waals surface area contributed by atoms with E-state index in [2.05, 4.69) is 12.1 Å². The van der Waals surface area contributed by atoms with Crippen molar-refractivity contribution < 1.29 is 4.79 Å². The molecule has 3 aromatic rings. The Labute approximate surface area is 173 Å². The second-order valence-corrected chi connectivity index (χ2v) is 8.33. The van der Waals surface area contributed by atoms with E-state index in [1.807, 2.05) is 66.7 Å². The van der Waals surface area contributed by atoms with Gasteiger partial charge >= 0.3 is 0 Å². The molecule has 0 bridgehead atoms. The van der Waals surface area contributed by atoms with Crippen LogP contribution in [0.2, 0.25) is 5.02 Å². The van der Waals surface area contributed by atoms with Gasteiger partial charge in [0.05, 0.1) is 17.6 Å². The summed E-state index contributed by atoms with van der Waals surface area (Å²) in [6.45, 7) is 0. The minimum atomic E-state index is -0.308. The largest absolute Gasteiger partial charge is 0.274 e. The molecule has 0 radical (unpaired) electrons. The van der Waals surface area contributed by atoms with E-state index >= 15 is 0 Å². The summed E-state index contributed by atoms with van der Waals surface area (Å²) in [4.78, 5) is 21.5. The van der Waals surface area contributed by atoms with Crippen LogP contribution in [0.4, 0.5) is 5.69 Å². The van der Waals surface area contributed by atoms with Crippen molar-refractivity contribution in [3.8, 4) is 0 Å². The van der Waals surface area contributed by atoms with Crippen molar-refractivity contribution in [1.29, 1.82) is 0 Å². The number of halogens is 1. The lowest BCUT2D eigenvalue weighted by Crippen LogP contribution is -2.44. The molecule has 1 amide bonds. The molecule has 2 aliphatic rings. The van der Waals surface area contributed by atoms with Crippen LogP contribution in [0, 0.1) is 5.92 Å². The number of nitrogens with zero attached hydrogens (tertiary/aromatic N) is 2. The van der Waals surface area contributed by atoms with E-state index < -0.39 is 0 Å². The minimum absolute atomic E-state index is 0.0798. The average molecular weight is 405 g/mol. The molecule has 2 heterocycles. The first-order chi connectivity index (χ1) is 13.7. The Bertz CT molecular complexity index is 1080. The quantitative estimate of drug-likeness (QED) is 0.556. The standard InChI is InChI=1S/C23H17ClN2OS/c24-18-11-5-4-10-16(18)21-17(14-15-8-2-1-3-9-15)22(27)26-19-12-6-7-13-20(19)28-23(26)25-21/h1-13,17,21H,14H2/t17-,21+/m0/s1. The maximum absolute atomic E-state index is 13.7. The number of fused-ring (bicyclic) bond motifs is 3. The molecule has 138 valence electrons. The van der Waals surface area contributed by atoms with E-state index in [1.54, 1.807) is 16.7 Å². The van der Waals surface area contributed by atoms with Gasteiger partial charge in [-0.25, -0.2) is 0 Å². The molecule has 0 unspecified atom stereocenters. The molecule has 0 saturated heterocycles. The van der Waals surface area contributed by atoms with Crippen molar-refractivity contribution in [2.24, 2.45) is 10.9 Å². The van der Waals surface area contributed by atoms with E-state index in [9.17, 15) is 4.79 Å². The van der Waals surface area contributed by atoms with Gasteiger partial charge < -0.3 is 0 Å². The fourth-order valence-corrected chi connectivity index (χ4v) is 5.15. The number of thioether (sulfide) groups is 1. The number of amidine groups is 1. The Hall–Kier alpha value is -2.56. The Balaban J connectivity index is 1.62. The second-order valence-electron chi connectivity index (χ2n) is 6.92. The number of anilines is 1. The smallest absolute Gasteiger partial charge is 0.239 e. The average Bonchev–Trinajstić information content (AvgIpc) is 3.10. The number of amides is 1. The van der Waals surface area contributed by atoms with Crippen LogP contribution in [0.25, 0.3) is 0 Å². The Morgan fingerprint density at radius 3 is 2.46 bits per heavy atom. The van der Waals surface area contributed by atoms with Gasteiger partial charge in [0.25, 0.3) is 0 Å². The van der Waals surface area contributed by atoms with E-state index in [1.165, 1.54) is 0 Å². The highest BCUT2D eigenvalue weighted by molar-refractivity contribution is 8.15. The lowest BCUT2D eigenvalue weighted by Gasteiger charge is -2.33. The van der Waals surface area contributed by atoms with Crippen LogP contribution in [0.15, 0.2) is 88.8 Å². The summed E-state index contributed by atoms with van der Waals surface area (Å²) >= 11 is 8.05. The van der Waals surface area contributed by atoms with Gasteiger partial charge in [0.2, 0.25) is 5.91 Å². The molecule has 28 heavy (non-hydrogen) atoms. The molecule has 0 spiro atoms. The first-order valence-corrected chi connectivity index (χ1v) is 10.4.